The van der Waals surface area contributed by atoms with Gasteiger partial charge >= 0.3 is 6.18 Å². The Bertz CT molecular complexity index is 930. The minimum Gasteiger partial charge on any atom is -0.351 e. The average Bonchev–Trinajstić information content (AvgIpc) is 2.96. The van der Waals surface area contributed by atoms with Gasteiger partial charge in [-0.1, -0.05) is 42.5 Å². The molecule has 2 fully saturated rings. The third-order valence-corrected chi connectivity index (χ3v) is 5.97. The summed E-state index contributed by atoms with van der Waals surface area (Å²) in [6, 6.07) is 13.5. The van der Waals surface area contributed by atoms with E-state index in [2.05, 4.69) is 5.32 Å². The van der Waals surface area contributed by atoms with E-state index in [0.29, 0.717) is 31.2 Å². The zero-order valence-electron chi connectivity index (χ0n) is 16.4. The summed E-state index contributed by atoms with van der Waals surface area (Å²) in [6.07, 6.45) is -2.16. The van der Waals surface area contributed by atoms with Crippen LogP contribution in [0.1, 0.15) is 48.4 Å². The molecule has 2 aliphatic rings. The quantitative estimate of drug-likeness (QED) is 0.813. The number of likely N-dealkylation sites (tertiary alicyclic amines) is 1. The van der Waals surface area contributed by atoms with E-state index < -0.39 is 17.8 Å². The number of carbonyl (C=O) groups is 2. The highest BCUT2D eigenvalue weighted by molar-refractivity contribution is 5.81. The second kappa shape index (κ2) is 8.13. The normalized spacial score (nSPS) is 24.2. The second-order valence-corrected chi connectivity index (χ2v) is 7.97. The number of amides is 2. The highest BCUT2D eigenvalue weighted by Gasteiger charge is 2.45. The van der Waals surface area contributed by atoms with Gasteiger partial charge in [0.1, 0.15) is 0 Å². The van der Waals surface area contributed by atoms with Gasteiger partial charge in [-0.2, -0.15) is 13.2 Å². The van der Waals surface area contributed by atoms with Crippen molar-refractivity contribution in [1.82, 2.24) is 10.2 Å². The highest BCUT2D eigenvalue weighted by atomic mass is 19.4. The summed E-state index contributed by atoms with van der Waals surface area (Å²) in [5.74, 6) is -0.199. The van der Waals surface area contributed by atoms with Gasteiger partial charge in [-0.05, 0) is 42.5 Å². The molecular weight excluding hydrogens is 393 g/mol. The lowest BCUT2D eigenvalue weighted by atomic mass is 9.99. The highest BCUT2D eigenvalue weighted by Crippen LogP contribution is 2.41. The number of hydrogen-bond acceptors (Lipinski definition) is 2. The maximum Gasteiger partial charge on any atom is 0.416 e. The van der Waals surface area contributed by atoms with E-state index >= 15 is 0 Å². The van der Waals surface area contributed by atoms with Gasteiger partial charge in [-0.3, -0.25) is 9.59 Å². The molecule has 2 aliphatic heterocycles. The fraction of sp³-hybridized carbons (Fsp3) is 0.391. The van der Waals surface area contributed by atoms with Crippen LogP contribution in [0.5, 0.6) is 0 Å². The van der Waals surface area contributed by atoms with Crippen LogP contribution < -0.4 is 5.32 Å². The number of benzene rings is 2. The number of alkyl halides is 3. The Hall–Kier alpha value is -2.83. The summed E-state index contributed by atoms with van der Waals surface area (Å²) in [5.41, 5.74) is 0.576. The summed E-state index contributed by atoms with van der Waals surface area (Å²) in [6.45, 7) is 0. The number of halogens is 3. The second-order valence-electron chi connectivity index (χ2n) is 7.97. The molecule has 0 unspecified atom stereocenters. The van der Waals surface area contributed by atoms with Gasteiger partial charge < -0.3 is 10.2 Å². The Kier molecular flexibility index (Phi) is 5.54. The predicted octanol–water partition coefficient (Wildman–Crippen LogP) is 4.26. The van der Waals surface area contributed by atoms with Crippen molar-refractivity contribution in [3.05, 3.63) is 71.3 Å². The summed E-state index contributed by atoms with van der Waals surface area (Å²) < 4.78 is 39.8. The Morgan fingerprint density at radius 2 is 1.87 bits per heavy atom. The molecule has 30 heavy (non-hydrogen) atoms. The van der Waals surface area contributed by atoms with Crippen LogP contribution in [0.15, 0.2) is 54.6 Å². The molecule has 2 aromatic carbocycles. The Labute approximate surface area is 173 Å². The van der Waals surface area contributed by atoms with E-state index in [4.69, 9.17) is 0 Å². The van der Waals surface area contributed by atoms with Gasteiger partial charge in [0.05, 0.1) is 30.1 Å². The van der Waals surface area contributed by atoms with Gasteiger partial charge in [0, 0.05) is 6.42 Å². The first-order valence-corrected chi connectivity index (χ1v) is 10.1. The van der Waals surface area contributed by atoms with E-state index in [-0.39, 0.29) is 30.3 Å². The molecule has 7 heteroatoms. The van der Waals surface area contributed by atoms with E-state index in [1.165, 1.54) is 6.07 Å². The number of nitrogens with one attached hydrogen (secondary N) is 1. The number of fused-ring (bicyclic) bond motifs is 1. The van der Waals surface area contributed by atoms with Crippen molar-refractivity contribution < 1.29 is 22.8 Å². The van der Waals surface area contributed by atoms with Crippen molar-refractivity contribution in [2.75, 3.05) is 0 Å². The fourth-order valence-corrected chi connectivity index (χ4v) is 4.62. The fourth-order valence-electron chi connectivity index (χ4n) is 4.62. The lowest BCUT2D eigenvalue weighted by Gasteiger charge is -2.31. The molecule has 4 nitrogen and oxygen atoms in total. The van der Waals surface area contributed by atoms with Crippen molar-refractivity contribution in [2.45, 2.75) is 56.4 Å². The van der Waals surface area contributed by atoms with Crippen molar-refractivity contribution >= 4 is 11.8 Å². The summed E-state index contributed by atoms with van der Waals surface area (Å²) in [4.78, 5) is 27.1. The molecule has 0 aromatic heterocycles. The molecule has 0 spiro atoms. The van der Waals surface area contributed by atoms with Gasteiger partial charge in [-0.25, -0.2) is 0 Å². The Balaban J connectivity index is 1.68. The van der Waals surface area contributed by atoms with E-state index in [1.54, 1.807) is 11.0 Å². The predicted molar refractivity (Wildman–Crippen MR) is 105 cm³/mol. The zero-order valence-corrected chi connectivity index (χ0v) is 16.4. The van der Waals surface area contributed by atoms with Gasteiger partial charge in [-0.15, -0.1) is 0 Å². The van der Waals surface area contributed by atoms with Crippen LogP contribution in [0.3, 0.4) is 0 Å². The first kappa shape index (κ1) is 20.4. The van der Waals surface area contributed by atoms with Crippen LogP contribution >= 0.6 is 0 Å². The molecule has 4 rings (SSSR count). The minimum absolute atomic E-state index is 0.0670. The molecule has 0 aliphatic carbocycles. The summed E-state index contributed by atoms with van der Waals surface area (Å²) >= 11 is 0. The van der Waals surface area contributed by atoms with Crippen LogP contribution in [-0.4, -0.2) is 28.8 Å². The summed E-state index contributed by atoms with van der Waals surface area (Å²) in [7, 11) is 0. The molecule has 158 valence electrons. The van der Waals surface area contributed by atoms with E-state index in [9.17, 15) is 22.8 Å². The topological polar surface area (TPSA) is 49.4 Å². The lowest BCUT2D eigenvalue weighted by molar-refractivity contribution is -0.137. The Morgan fingerprint density at radius 3 is 2.60 bits per heavy atom. The number of carbonyl (C=O) groups excluding carboxylic acids is 2. The minimum atomic E-state index is -4.45. The average molecular weight is 416 g/mol. The molecule has 0 bridgehead atoms. The Morgan fingerprint density at radius 1 is 1.10 bits per heavy atom. The van der Waals surface area contributed by atoms with Crippen LogP contribution in [0.25, 0.3) is 0 Å². The zero-order chi connectivity index (χ0) is 21.3. The van der Waals surface area contributed by atoms with Crippen LogP contribution in [0.4, 0.5) is 13.2 Å². The number of rotatable bonds is 3. The third-order valence-electron chi connectivity index (χ3n) is 5.97. The monoisotopic (exact) mass is 416 g/mol. The molecular formula is C23H23F3N2O2. The van der Waals surface area contributed by atoms with Gasteiger partial charge in [0.2, 0.25) is 11.8 Å². The van der Waals surface area contributed by atoms with Gasteiger partial charge in [0.25, 0.3) is 0 Å². The molecule has 2 saturated heterocycles. The first-order chi connectivity index (χ1) is 14.3. The first-order valence-electron chi connectivity index (χ1n) is 10.1. The summed E-state index contributed by atoms with van der Waals surface area (Å²) in [5, 5.41) is 2.98. The molecule has 2 aromatic rings. The van der Waals surface area contributed by atoms with Gasteiger partial charge in [0.15, 0.2) is 0 Å². The SMILES string of the molecule is O=C1CCC[C@H]2[C@@H](C[C@@H](c3cccc(C(F)(F)F)c3)N2C(=O)Cc2ccccc2)N1. The maximum absolute atomic E-state index is 13.3. The van der Waals surface area contributed by atoms with E-state index in [0.717, 1.165) is 17.7 Å². The largest absolute Gasteiger partial charge is 0.416 e. The molecule has 0 radical (unpaired) electrons. The number of hydrogen-bond donors (Lipinski definition) is 1. The maximum atomic E-state index is 13.3. The van der Waals surface area contributed by atoms with Crippen LogP contribution in [-0.2, 0) is 22.2 Å². The molecule has 3 atom stereocenters. The van der Waals surface area contributed by atoms with E-state index in [1.807, 2.05) is 30.3 Å². The van der Waals surface area contributed by atoms with Crippen LogP contribution in [0, 0.1) is 0 Å². The van der Waals surface area contributed by atoms with Crippen molar-refractivity contribution in [3.63, 3.8) is 0 Å². The number of nitrogens with zero attached hydrogens (tertiary/aromatic N) is 1. The van der Waals surface area contributed by atoms with Crippen molar-refractivity contribution in [3.8, 4) is 0 Å². The standard InChI is InChI=1S/C23H23F3N2O2/c24-23(25,26)17-9-4-8-16(13-17)20-14-18-19(10-5-11-21(29)27-18)28(20)22(30)12-15-6-2-1-3-7-15/h1-4,6-9,13,18-20H,5,10-12,14H2,(H,27,29)/t18-,19+,20+/m1/s1. The molecule has 0 saturated carbocycles. The molecule has 2 heterocycles. The molecule has 1 N–H and O–H groups in total. The van der Waals surface area contributed by atoms with Crippen LogP contribution in [0.2, 0.25) is 0 Å². The molecule has 2 amide bonds. The van der Waals surface area contributed by atoms with Crippen molar-refractivity contribution in [1.29, 1.82) is 0 Å². The third kappa shape index (κ3) is 4.20. The lowest BCUT2D eigenvalue weighted by Crippen LogP contribution is -2.45. The van der Waals surface area contributed by atoms with Crippen molar-refractivity contribution in [2.24, 2.45) is 0 Å². The smallest absolute Gasteiger partial charge is 0.351 e.